The summed E-state index contributed by atoms with van der Waals surface area (Å²) in [6, 6.07) is 7.51. The zero-order valence-corrected chi connectivity index (χ0v) is 28.2. The second-order valence-corrected chi connectivity index (χ2v) is 14.4. The molecule has 3 unspecified atom stereocenters. The van der Waals surface area contributed by atoms with Crippen LogP contribution in [0.4, 0.5) is 4.79 Å². The van der Waals surface area contributed by atoms with E-state index in [1.807, 2.05) is 12.3 Å². The van der Waals surface area contributed by atoms with Gasteiger partial charge in [-0.15, -0.1) is 0 Å². The smallest absolute Gasteiger partial charge is 0.410 e. The van der Waals surface area contributed by atoms with Gasteiger partial charge < -0.3 is 30.0 Å². The number of nitrogens with one attached hydrogen (secondary N) is 2. The molecule has 1 fully saturated rings. The van der Waals surface area contributed by atoms with Gasteiger partial charge in [0.05, 0.1) is 17.8 Å². The average Bonchev–Trinajstić information content (AvgIpc) is 3.46. The van der Waals surface area contributed by atoms with E-state index in [4.69, 9.17) is 14.2 Å². The molecule has 0 bridgehead atoms. The highest BCUT2D eigenvalue weighted by Crippen LogP contribution is 2.43. The lowest BCUT2D eigenvalue weighted by molar-refractivity contribution is -0.168. The molecule has 0 aromatic heterocycles. The number of esters is 2. The minimum absolute atomic E-state index is 0.0232. The van der Waals surface area contributed by atoms with Crippen molar-refractivity contribution >= 4 is 63.3 Å². The highest BCUT2D eigenvalue weighted by Gasteiger charge is 2.43. The standard InChI is InChI=1S/C30H44N2O9S3/c1-20(2)26(35)40-21(3)41-29(38)31-23(12-15-42-4)18-43-44-19-30(13-8-9-14-30)28(37)32-24(16-25(33)34)27(36)39-17-22-10-6-5-7-11-22/h5-7,10-11,20-21,23-24H,8-9,12-19H2,1-4H3,(H,31,38)(H,32,37)(H,33,34). The first-order valence-corrected chi connectivity index (χ1v) is 18.5. The van der Waals surface area contributed by atoms with Crippen LogP contribution in [0.5, 0.6) is 0 Å². The van der Waals surface area contributed by atoms with E-state index in [0.29, 0.717) is 30.8 Å². The monoisotopic (exact) mass is 672 g/mol. The SMILES string of the molecule is CSCCC(CSSCC1(C(=O)NC(CC(=O)O)C(=O)OCc2ccccc2)CCCC1)NC(=O)OC(C)OC(=O)C(C)C. The van der Waals surface area contributed by atoms with Crippen molar-refractivity contribution in [3.05, 3.63) is 35.9 Å². The molecule has 11 nitrogen and oxygen atoms in total. The zero-order valence-electron chi connectivity index (χ0n) is 25.7. The predicted molar refractivity (Wildman–Crippen MR) is 173 cm³/mol. The van der Waals surface area contributed by atoms with E-state index in [0.717, 1.165) is 24.2 Å². The highest BCUT2D eigenvalue weighted by atomic mass is 33.1. The summed E-state index contributed by atoms with van der Waals surface area (Å²) >= 11 is 1.65. The van der Waals surface area contributed by atoms with E-state index in [1.54, 1.807) is 49.9 Å². The summed E-state index contributed by atoms with van der Waals surface area (Å²) in [4.78, 5) is 62.0. The fourth-order valence-electron chi connectivity index (χ4n) is 4.41. The lowest BCUT2D eigenvalue weighted by Crippen LogP contribution is -2.50. The molecule has 1 aliphatic rings. The van der Waals surface area contributed by atoms with Gasteiger partial charge in [0.1, 0.15) is 12.6 Å². The first-order valence-electron chi connectivity index (χ1n) is 14.6. The van der Waals surface area contributed by atoms with E-state index in [-0.39, 0.29) is 24.5 Å². The van der Waals surface area contributed by atoms with Crippen LogP contribution in [-0.2, 0) is 40.0 Å². The van der Waals surface area contributed by atoms with Crippen molar-refractivity contribution < 1.29 is 43.3 Å². The molecule has 44 heavy (non-hydrogen) atoms. The molecule has 1 aliphatic carbocycles. The van der Waals surface area contributed by atoms with Gasteiger partial charge in [0, 0.05) is 24.5 Å². The topological polar surface area (TPSA) is 157 Å². The number of carboxylic acids is 1. The van der Waals surface area contributed by atoms with Gasteiger partial charge in [-0.2, -0.15) is 11.8 Å². The Bertz CT molecular complexity index is 1080. The Morgan fingerprint density at radius 1 is 0.955 bits per heavy atom. The van der Waals surface area contributed by atoms with Crippen LogP contribution in [-0.4, -0.2) is 76.9 Å². The molecule has 1 saturated carbocycles. The molecule has 2 amide bonds. The van der Waals surface area contributed by atoms with E-state index >= 15 is 0 Å². The Labute approximate surface area is 271 Å². The van der Waals surface area contributed by atoms with Crippen molar-refractivity contribution in [2.45, 2.75) is 84.3 Å². The Hall–Kier alpha value is -2.58. The molecule has 0 heterocycles. The number of hydrogen-bond donors (Lipinski definition) is 3. The van der Waals surface area contributed by atoms with Crippen LogP contribution in [0.25, 0.3) is 0 Å². The number of carbonyl (C=O) groups excluding carboxylic acids is 4. The van der Waals surface area contributed by atoms with Gasteiger partial charge >= 0.3 is 24.0 Å². The number of aliphatic carboxylic acids is 1. The summed E-state index contributed by atoms with van der Waals surface area (Å²) in [6.07, 6.45) is 3.34. The number of hydrogen-bond acceptors (Lipinski definition) is 11. The molecule has 0 radical (unpaired) electrons. The third-order valence-corrected chi connectivity index (χ3v) is 10.2. The molecule has 1 aromatic carbocycles. The minimum atomic E-state index is -1.30. The molecular formula is C30H44N2O9S3. The average molecular weight is 673 g/mol. The molecule has 3 atom stereocenters. The maximum absolute atomic E-state index is 13.5. The predicted octanol–water partition coefficient (Wildman–Crippen LogP) is 5.02. The van der Waals surface area contributed by atoms with Crippen LogP contribution >= 0.6 is 33.3 Å². The summed E-state index contributed by atoms with van der Waals surface area (Å²) in [5, 5.41) is 14.9. The quantitative estimate of drug-likeness (QED) is 0.0781. The highest BCUT2D eigenvalue weighted by molar-refractivity contribution is 8.76. The number of carbonyl (C=O) groups is 5. The second kappa shape index (κ2) is 19.7. The minimum Gasteiger partial charge on any atom is -0.481 e. The van der Waals surface area contributed by atoms with Crippen molar-refractivity contribution in [1.29, 1.82) is 0 Å². The Balaban J connectivity index is 1.93. The van der Waals surface area contributed by atoms with E-state index in [1.165, 1.54) is 28.5 Å². The van der Waals surface area contributed by atoms with E-state index in [9.17, 15) is 29.1 Å². The van der Waals surface area contributed by atoms with Crippen LogP contribution < -0.4 is 10.6 Å². The molecule has 0 saturated heterocycles. The number of carboxylic acid groups (broad SMARTS) is 1. The van der Waals surface area contributed by atoms with Crippen LogP contribution in [0.3, 0.4) is 0 Å². The lowest BCUT2D eigenvalue weighted by Gasteiger charge is -2.29. The van der Waals surface area contributed by atoms with Gasteiger partial charge in [0.15, 0.2) is 0 Å². The maximum Gasteiger partial charge on any atom is 0.410 e. The van der Waals surface area contributed by atoms with Gasteiger partial charge in [0.2, 0.25) is 12.2 Å². The number of amides is 2. The molecule has 3 N–H and O–H groups in total. The molecule has 246 valence electrons. The van der Waals surface area contributed by atoms with Gasteiger partial charge in [-0.05, 0) is 36.8 Å². The fourth-order valence-corrected chi connectivity index (χ4v) is 7.88. The van der Waals surface area contributed by atoms with Gasteiger partial charge in [-0.1, -0.05) is 78.6 Å². The largest absolute Gasteiger partial charge is 0.481 e. The number of ether oxygens (including phenoxy) is 3. The molecule has 1 aromatic rings. The first-order chi connectivity index (χ1) is 21.0. The van der Waals surface area contributed by atoms with Gasteiger partial charge in [0.25, 0.3) is 0 Å². The van der Waals surface area contributed by atoms with Crippen molar-refractivity contribution in [1.82, 2.24) is 10.6 Å². The molecule has 0 spiro atoms. The normalized spacial score (nSPS) is 15.9. The molecule has 2 rings (SSSR count). The summed E-state index contributed by atoms with van der Waals surface area (Å²) in [5.41, 5.74) is 0.00920. The lowest BCUT2D eigenvalue weighted by atomic mass is 9.87. The first kappa shape index (κ1) is 37.6. The second-order valence-electron chi connectivity index (χ2n) is 10.9. The number of rotatable bonds is 19. The Morgan fingerprint density at radius 3 is 2.25 bits per heavy atom. The molecular weight excluding hydrogens is 629 g/mol. The van der Waals surface area contributed by atoms with Crippen molar-refractivity contribution in [3.8, 4) is 0 Å². The fraction of sp³-hybridized carbons (Fsp3) is 0.633. The maximum atomic E-state index is 13.5. The van der Waals surface area contributed by atoms with Crippen LogP contribution in [0.1, 0.15) is 64.9 Å². The third-order valence-electron chi connectivity index (χ3n) is 6.94. The number of benzene rings is 1. The number of alkyl carbamates (subject to hydrolysis) is 1. The van der Waals surface area contributed by atoms with Crippen molar-refractivity contribution in [2.75, 3.05) is 23.5 Å². The summed E-state index contributed by atoms with van der Waals surface area (Å²) in [6.45, 7) is 4.84. The summed E-state index contributed by atoms with van der Waals surface area (Å²) in [5.74, 6) is -1.33. The zero-order chi connectivity index (χ0) is 32.5. The van der Waals surface area contributed by atoms with E-state index < -0.39 is 48.2 Å². The van der Waals surface area contributed by atoms with Gasteiger partial charge in [-0.25, -0.2) is 9.59 Å². The van der Waals surface area contributed by atoms with Crippen LogP contribution in [0.2, 0.25) is 0 Å². The van der Waals surface area contributed by atoms with Crippen molar-refractivity contribution in [2.24, 2.45) is 11.3 Å². The van der Waals surface area contributed by atoms with Crippen molar-refractivity contribution in [3.63, 3.8) is 0 Å². The Morgan fingerprint density at radius 2 is 1.64 bits per heavy atom. The number of thioether (sulfide) groups is 1. The van der Waals surface area contributed by atoms with E-state index in [2.05, 4.69) is 10.6 Å². The van der Waals surface area contributed by atoms with Gasteiger partial charge in [-0.3, -0.25) is 14.4 Å². The van der Waals surface area contributed by atoms with Crippen LogP contribution in [0.15, 0.2) is 30.3 Å². The summed E-state index contributed by atoms with van der Waals surface area (Å²) < 4.78 is 15.6. The molecule has 0 aliphatic heterocycles. The summed E-state index contributed by atoms with van der Waals surface area (Å²) in [7, 11) is 3.02. The van der Waals surface area contributed by atoms with Crippen LogP contribution in [0, 0.1) is 11.3 Å². The third kappa shape index (κ3) is 13.6. The Kier molecular flexibility index (Phi) is 16.9. The molecule has 14 heteroatoms.